The standard InChI is InChI=1S/C29H33ClFN3O5S2/c1-6-41(38,39)33-25-14-20(22(13-24(25)30)28(36)18-9-11-19(31)12-10-18)23-16-34(5)26(35)15-21(23)27(17-7-8-17)32-40(37)29(2,3)4/h9-17,27,32-33H,6-8H2,1-5H3/t27-,40-/m0/s1. The molecule has 220 valence electrons. The molecule has 0 amide bonds. The van der Waals surface area contributed by atoms with Crippen LogP contribution < -0.4 is 15.0 Å². The second-order valence-corrected chi connectivity index (χ2v) is 15.5. The molecule has 1 aliphatic rings. The molecule has 8 nitrogen and oxygen atoms in total. The molecule has 1 aliphatic carbocycles. The zero-order valence-electron chi connectivity index (χ0n) is 23.5. The third-order valence-electron chi connectivity index (χ3n) is 6.87. The molecule has 1 saturated carbocycles. The highest BCUT2D eigenvalue weighted by molar-refractivity contribution is 7.92. The smallest absolute Gasteiger partial charge is 0.250 e. The Kier molecular flexibility index (Phi) is 8.94. The maximum absolute atomic E-state index is 13.8. The van der Waals surface area contributed by atoms with Crippen molar-refractivity contribution >= 4 is 44.1 Å². The number of benzene rings is 2. The number of aromatic nitrogens is 1. The summed E-state index contributed by atoms with van der Waals surface area (Å²) in [5.74, 6) is -1.07. The highest BCUT2D eigenvalue weighted by Gasteiger charge is 2.37. The van der Waals surface area contributed by atoms with Crippen LogP contribution in [0.5, 0.6) is 0 Å². The summed E-state index contributed by atoms with van der Waals surface area (Å²) in [6.45, 7) is 7.01. The van der Waals surface area contributed by atoms with Crippen LogP contribution in [0.3, 0.4) is 0 Å². The predicted octanol–water partition coefficient (Wildman–Crippen LogP) is 5.34. The number of hydrogen-bond donors (Lipinski definition) is 2. The molecule has 2 N–H and O–H groups in total. The van der Waals surface area contributed by atoms with Gasteiger partial charge in [0.25, 0.3) is 5.56 Å². The van der Waals surface area contributed by atoms with Crippen molar-refractivity contribution < 1.29 is 21.8 Å². The third-order valence-corrected chi connectivity index (χ3v) is 10.1. The first-order valence-electron chi connectivity index (χ1n) is 13.1. The van der Waals surface area contributed by atoms with Gasteiger partial charge in [-0.15, -0.1) is 0 Å². The molecule has 0 spiro atoms. The maximum Gasteiger partial charge on any atom is 0.250 e. The summed E-state index contributed by atoms with van der Waals surface area (Å²) < 4.78 is 58.2. The number of sulfonamides is 1. The van der Waals surface area contributed by atoms with Crippen LogP contribution in [0.2, 0.25) is 5.02 Å². The van der Waals surface area contributed by atoms with Crippen LogP contribution in [0.25, 0.3) is 11.1 Å². The topological polar surface area (TPSA) is 114 Å². The lowest BCUT2D eigenvalue weighted by atomic mass is 9.89. The Hall–Kier alpha value is -2.86. The van der Waals surface area contributed by atoms with Crippen LogP contribution in [-0.4, -0.2) is 33.5 Å². The first kappa shape index (κ1) is 31.1. The molecule has 12 heteroatoms. The molecule has 1 heterocycles. The van der Waals surface area contributed by atoms with Crippen molar-refractivity contribution in [3.05, 3.63) is 86.5 Å². The fourth-order valence-corrected chi connectivity index (χ4v) is 6.14. The zero-order chi connectivity index (χ0) is 30.3. The van der Waals surface area contributed by atoms with Crippen molar-refractivity contribution in [1.82, 2.24) is 9.29 Å². The molecule has 1 fully saturated rings. The summed E-state index contributed by atoms with van der Waals surface area (Å²) in [4.78, 5) is 26.7. The van der Waals surface area contributed by atoms with Gasteiger partial charge in [0, 0.05) is 42.0 Å². The SMILES string of the molecule is CCS(=O)(=O)Nc1cc(-c2cn(C)c(=O)cc2[C@@H](N[S@@](=O)C(C)(C)C)C2CC2)c(C(=O)c2ccc(F)cc2)cc1Cl. The number of rotatable bonds is 10. The highest BCUT2D eigenvalue weighted by Crippen LogP contribution is 2.45. The number of pyridine rings is 1. The molecule has 0 radical (unpaired) electrons. The van der Waals surface area contributed by atoms with Gasteiger partial charge in [-0.3, -0.25) is 14.3 Å². The van der Waals surface area contributed by atoms with Gasteiger partial charge in [0.15, 0.2) is 5.78 Å². The molecule has 0 unspecified atom stereocenters. The molecule has 4 rings (SSSR count). The monoisotopic (exact) mass is 621 g/mol. The zero-order valence-corrected chi connectivity index (χ0v) is 25.8. The summed E-state index contributed by atoms with van der Waals surface area (Å²) in [5, 5.41) is -0.00619. The summed E-state index contributed by atoms with van der Waals surface area (Å²) in [7, 11) is -3.63. The van der Waals surface area contributed by atoms with Crippen LogP contribution in [0.15, 0.2) is 53.5 Å². The maximum atomic E-state index is 13.8. The minimum atomic E-state index is -3.73. The average Bonchev–Trinajstić information content (AvgIpc) is 3.74. The lowest BCUT2D eigenvalue weighted by Gasteiger charge is -2.27. The quantitative estimate of drug-likeness (QED) is 0.297. The molecule has 0 saturated heterocycles. The van der Waals surface area contributed by atoms with Crippen molar-refractivity contribution in [1.29, 1.82) is 0 Å². The molecule has 3 aromatic rings. The Morgan fingerprint density at radius 3 is 2.34 bits per heavy atom. The third kappa shape index (κ3) is 7.14. The number of hydrogen-bond acceptors (Lipinski definition) is 5. The Bertz CT molecular complexity index is 1680. The van der Waals surface area contributed by atoms with Crippen molar-refractivity contribution in [2.24, 2.45) is 13.0 Å². The number of anilines is 1. The summed E-state index contributed by atoms with van der Waals surface area (Å²) in [6, 6.07) is 8.88. The normalized spacial score (nSPS) is 15.4. The van der Waals surface area contributed by atoms with E-state index < -0.39 is 43.4 Å². The Morgan fingerprint density at radius 1 is 1.15 bits per heavy atom. The summed E-state index contributed by atoms with van der Waals surface area (Å²) in [5.41, 5.74) is 1.42. The summed E-state index contributed by atoms with van der Waals surface area (Å²) >= 11 is 6.50. The molecular weight excluding hydrogens is 589 g/mol. The van der Waals surface area contributed by atoms with Crippen LogP contribution in [0.1, 0.15) is 68.1 Å². The van der Waals surface area contributed by atoms with Gasteiger partial charge in [0.2, 0.25) is 10.0 Å². The largest absolute Gasteiger partial charge is 0.318 e. The van der Waals surface area contributed by atoms with Crippen LogP contribution in [-0.2, 0) is 28.1 Å². The summed E-state index contributed by atoms with van der Waals surface area (Å²) in [6.07, 6.45) is 3.30. The van der Waals surface area contributed by atoms with Gasteiger partial charge in [0.1, 0.15) is 5.82 Å². The van der Waals surface area contributed by atoms with Crippen LogP contribution in [0, 0.1) is 11.7 Å². The van der Waals surface area contributed by atoms with E-state index in [0.717, 1.165) is 12.8 Å². The van der Waals surface area contributed by atoms with E-state index in [-0.39, 0.29) is 39.1 Å². The van der Waals surface area contributed by atoms with Crippen molar-refractivity contribution in [3.8, 4) is 11.1 Å². The van der Waals surface area contributed by atoms with Gasteiger partial charge in [-0.2, -0.15) is 0 Å². The lowest BCUT2D eigenvalue weighted by Crippen LogP contribution is -2.37. The van der Waals surface area contributed by atoms with E-state index >= 15 is 0 Å². The first-order chi connectivity index (χ1) is 19.1. The van der Waals surface area contributed by atoms with Gasteiger partial charge in [-0.1, -0.05) is 11.6 Å². The molecule has 2 atom stereocenters. The van der Waals surface area contributed by atoms with Crippen LogP contribution in [0.4, 0.5) is 10.1 Å². The number of halogens is 2. The number of ketones is 1. The van der Waals surface area contributed by atoms with E-state index in [4.69, 9.17) is 11.6 Å². The van der Waals surface area contributed by atoms with E-state index in [2.05, 4.69) is 9.44 Å². The average molecular weight is 622 g/mol. The van der Waals surface area contributed by atoms with E-state index in [1.807, 2.05) is 20.8 Å². The number of carbonyl (C=O) groups excluding carboxylic acids is 1. The Balaban J connectivity index is 1.99. The lowest BCUT2D eigenvalue weighted by molar-refractivity contribution is 0.103. The van der Waals surface area contributed by atoms with Crippen molar-refractivity contribution in [2.45, 2.75) is 51.3 Å². The second-order valence-electron chi connectivity index (χ2n) is 11.1. The van der Waals surface area contributed by atoms with Crippen LogP contribution >= 0.6 is 11.6 Å². The van der Waals surface area contributed by atoms with Gasteiger partial charge in [-0.05, 0) is 94.0 Å². The minimum absolute atomic E-state index is 0.00619. The number of nitrogens with zero attached hydrogens (tertiary/aromatic N) is 1. The Labute approximate surface area is 247 Å². The van der Waals surface area contributed by atoms with Crippen molar-refractivity contribution in [3.63, 3.8) is 0 Å². The van der Waals surface area contributed by atoms with Gasteiger partial charge in [0.05, 0.1) is 32.2 Å². The van der Waals surface area contributed by atoms with E-state index in [1.165, 1.54) is 54.0 Å². The number of carbonyl (C=O) groups is 1. The van der Waals surface area contributed by atoms with Gasteiger partial charge >= 0.3 is 0 Å². The number of aryl methyl sites for hydroxylation is 1. The predicted molar refractivity (Wildman–Crippen MR) is 162 cm³/mol. The molecule has 0 bridgehead atoms. The first-order valence-corrected chi connectivity index (χ1v) is 16.3. The molecule has 41 heavy (non-hydrogen) atoms. The van der Waals surface area contributed by atoms with E-state index in [1.54, 1.807) is 13.2 Å². The molecular formula is C29H33ClFN3O5S2. The second kappa shape index (κ2) is 11.8. The fourth-order valence-electron chi connectivity index (χ4n) is 4.32. The van der Waals surface area contributed by atoms with E-state index in [0.29, 0.717) is 16.7 Å². The molecule has 1 aromatic heterocycles. The van der Waals surface area contributed by atoms with Gasteiger partial charge < -0.3 is 4.57 Å². The van der Waals surface area contributed by atoms with E-state index in [9.17, 15) is 26.6 Å². The fraction of sp³-hybridized carbons (Fsp3) is 0.379. The highest BCUT2D eigenvalue weighted by atomic mass is 35.5. The molecule has 0 aliphatic heterocycles. The van der Waals surface area contributed by atoms with Gasteiger partial charge in [-0.25, -0.2) is 21.7 Å². The number of nitrogens with one attached hydrogen (secondary N) is 2. The van der Waals surface area contributed by atoms with Crippen molar-refractivity contribution in [2.75, 3.05) is 10.5 Å². The Morgan fingerprint density at radius 2 is 1.78 bits per heavy atom. The minimum Gasteiger partial charge on any atom is -0.318 e. The molecule has 2 aromatic carbocycles.